The van der Waals surface area contributed by atoms with E-state index in [-0.39, 0.29) is 23.5 Å². The number of aromatic nitrogens is 2. The molecule has 0 radical (unpaired) electrons. The van der Waals surface area contributed by atoms with E-state index in [0.717, 1.165) is 0 Å². The number of hydrogen-bond donors (Lipinski definition) is 0. The van der Waals surface area contributed by atoms with Crippen LogP contribution in [0, 0.1) is 0 Å². The molecule has 4 nitrogen and oxygen atoms in total. The van der Waals surface area contributed by atoms with Gasteiger partial charge in [-0.3, -0.25) is 4.74 Å². The quantitative estimate of drug-likeness (QED) is 0.619. The molecule has 0 aromatic carbocycles. The lowest BCUT2D eigenvalue weighted by atomic mass is 10.2. The van der Waals surface area contributed by atoms with Crippen LogP contribution in [0.5, 0.6) is 0 Å². The van der Waals surface area contributed by atoms with Gasteiger partial charge in [-0.25, -0.2) is 9.97 Å². The summed E-state index contributed by atoms with van der Waals surface area (Å²) in [4.78, 5) is 9.05. The largest absolute Gasteiger partial charge is 0.522 e. The number of rotatable bonds is 2. The molecule has 1 fully saturated rings. The van der Waals surface area contributed by atoms with E-state index in [1.165, 1.54) is 6.07 Å². The third-order valence-electron chi connectivity index (χ3n) is 2.13. The Hall–Kier alpha value is -0.790. The van der Waals surface area contributed by atoms with Crippen molar-refractivity contribution in [3.63, 3.8) is 0 Å². The van der Waals surface area contributed by atoms with Crippen LogP contribution in [0.3, 0.4) is 0 Å². The summed E-state index contributed by atoms with van der Waals surface area (Å²) >= 11 is 11.2. The average Bonchev–Trinajstić information content (AvgIpc) is 2.07. The first-order valence-electron chi connectivity index (χ1n) is 4.53. The highest BCUT2D eigenvalue weighted by Gasteiger charge is 2.39. The molecule has 1 aliphatic heterocycles. The van der Waals surface area contributed by atoms with E-state index >= 15 is 0 Å². The molecule has 1 aromatic heterocycles. The molecule has 0 unspecified atom stereocenters. The van der Waals surface area contributed by atoms with Crippen molar-refractivity contribution in [2.24, 2.45) is 0 Å². The van der Waals surface area contributed by atoms with Gasteiger partial charge < -0.3 is 4.90 Å². The van der Waals surface area contributed by atoms with E-state index in [9.17, 15) is 13.2 Å². The van der Waals surface area contributed by atoms with Gasteiger partial charge in [-0.15, -0.1) is 13.2 Å². The second-order valence-electron chi connectivity index (χ2n) is 3.41. The van der Waals surface area contributed by atoms with E-state index in [1.807, 2.05) is 0 Å². The molecule has 0 spiro atoms. The van der Waals surface area contributed by atoms with Gasteiger partial charge in [0.25, 0.3) is 0 Å². The Balaban J connectivity index is 1.95. The van der Waals surface area contributed by atoms with E-state index in [1.54, 1.807) is 4.90 Å². The molecule has 0 N–H and O–H groups in total. The predicted molar refractivity (Wildman–Crippen MR) is 55.2 cm³/mol. The van der Waals surface area contributed by atoms with Crippen LogP contribution in [0.15, 0.2) is 6.07 Å². The molecule has 2 heterocycles. The predicted octanol–water partition coefficient (Wildman–Crippen LogP) is 2.51. The summed E-state index contributed by atoms with van der Waals surface area (Å²) in [6.07, 6.45) is -5.50. The Bertz CT molecular complexity index is 403. The SMILES string of the molecule is FC(F)(F)OC1CN(c2cc(Cl)nc(Cl)n2)C1. The van der Waals surface area contributed by atoms with E-state index in [4.69, 9.17) is 23.2 Å². The first kappa shape index (κ1) is 12.7. The molecule has 17 heavy (non-hydrogen) atoms. The summed E-state index contributed by atoms with van der Waals surface area (Å²) in [5.41, 5.74) is 0. The Kier molecular flexibility index (Phi) is 3.33. The highest BCUT2D eigenvalue weighted by molar-refractivity contribution is 6.32. The summed E-state index contributed by atoms with van der Waals surface area (Å²) < 4.78 is 39.5. The van der Waals surface area contributed by atoms with Gasteiger partial charge in [0, 0.05) is 19.2 Å². The van der Waals surface area contributed by atoms with Gasteiger partial charge in [0.15, 0.2) is 0 Å². The molecule has 0 amide bonds. The van der Waals surface area contributed by atoms with Crippen molar-refractivity contribution in [1.29, 1.82) is 0 Å². The number of ether oxygens (including phenoxy) is 1. The van der Waals surface area contributed by atoms with Crippen LogP contribution < -0.4 is 4.90 Å². The molecular formula is C8H6Cl2F3N3O. The molecular weight excluding hydrogens is 282 g/mol. The number of halogens is 5. The fraction of sp³-hybridized carbons (Fsp3) is 0.500. The first-order chi connectivity index (χ1) is 7.83. The average molecular weight is 288 g/mol. The summed E-state index contributed by atoms with van der Waals surface area (Å²) in [5, 5.41) is 0.0906. The summed E-state index contributed by atoms with van der Waals surface area (Å²) in [6.45, 7) is 0.173. The van der Waals surface area contributed by atoms with Gasteiger partial charge in [-0.2, -0.15) is 0 Å². The fourth-order valence-corrected chi connectivity index (χ4v) is 1.83. The van der Waals surface area contributed by atoms with Crippen LogP contribution in [0.4, 0.5) is 19.0 Å². The van der Waals surface area contributed by atoms with Crippen LogP contribution >= 0.6 is 23.2 Å². The number of anilines is 1. The minimum Gasteiger partial charge on any atom is -0.351 e. The van der Waals surface area contributed by atoms with Gasteiger partial charge in [0.1, 0.15) is 17.1 Å². The zero-order chi connectivity index (χ0) is 12.6. The second-order valence-corrected chi connectivity index (χ2v) is 4.13. The minimum absolute atomic E-state index is 0.0484. The highest BCUT2D eigenvalue weighted by atomic mass is 35.5. The topological polar surface area (TPSA) is 38.2 Å². The van der Waals surface area contributed by atoms with Gasteiger partial charge >= 0.3 is 6.36 Å². The zero-order valence-electron chi connectivity index (χ0n) is 8.21. The fourth-order valence-electron chi connectivity index (χ4n) is 1.43. The third kappa shape index (κ3) is 3.34. The maximum Gasteiger partial charge on any atom is 0.522 e. The van der Waals surface area contributed by atoms with Crippen LogP contribution in [0.25, 0.3) is 0 Å². The number of alkyl halides is 3. The van der Waals surface area contributed by atoms with Crippen LogP contribution in [0.2, 0.25) is 10.4 Å². The highest BCUT2D eigenvalue weighted by Crippen LogP contribution is 2.28. The molecule has 94 valence electrons. The maximum atomic E-state index is 11.9. The molecule has 2 rings (SSSR count). The van der Waals surface area contributed by atoms with E-state index in [2.05, 4.69) is 14.7 Å². The van der Waals surface area contributed by atoms with Gasteiger partial charge in [0.2, 0.25) is 5.28 Å². The normalized spacial score (nSPS) is 17.1. The van der Waals surface area contributed by atoms with Crippen molar-refractivity contribution < 1.29 is 17.9 Å². The van der Waals surface area contributed by atoms with Crippen molar-refractivity contribution in [2.45, 2.75) is 12.5 Å². The Morgan fingerprint density at radius 2 is 1.94 bits per heavy atom. The molecule has 1 aliphatic rings. The smallest absolute Gasteiger partial charge is 0.351 e. The van der Waals surface area contributed by atoms with Crippen LogP contribution in [-0.2, 0) is 4.74 Å². The molecule has 0 bridgehead atoms. The Morgan fingerprint density at radius 3 is 2.47 bits per heavy atom. The van der Waals surface area contributed by atoms with Crippen molar-refractivity contribution in [3.05, 3.63) is 16.5 Å². The van der Waals surface area contributed by atoms with E-state index < -0.39 is 12.5 Å². The monoisotopic (exact) mass is 287 g/mol. The van der Waals surface area contributed by atoms with E-state index in [0.29, 0.717) is 5.82 Å². The Morgan fingerprint density at radius 1 is 1.29 bits per heavy atom. The summed E-state index contributed by atoms with van der Waals surface area (Å²) in [5.74, 6) is 0.386. The lowest BCUT2D eigenvalue weighted by molar-refractivity contribution is -0.344. The van der Waals surface area contributed by atoms with Crippen molar-refractivity contribution in [1.82, 2.24) is 9.97 Å². The molecule has 0 saturated carbocycles. The molecule has 0 atom stereocenters. The van der Waals surface area contributed by atoms with Gasteiger partial charge in [-0.05, 0) is 11.6 Å². The summed E-state index contributed by atoms with van der Waals surface area (Å²) in [7, 11) is 0. The van der Waals surface area contributed by atoms with Gasteiger partial charge in [-0.1, -0.05) is 11.6 Å². The number of hydrogen-bond acceptors (Lipinski definition) is 4. The lowest BCUT2D eigenvalue weighted by Gasteiger charge is -2.39. The van der Waals surface area contributed by atoms with Crippen molar-refractivity contribution in [2.75, 3.05) is 18.0 Å². The molecule has 9 heteroatoms. The zero-order valence-corrected chi connectivity index (χ0v) is 9.72. The van der Waals surface area contributed by atoms with Crippen LogP contribution in [-0.4, -0.2) is 35.5 Å². The first-order valence-corrected chi connectivity index (χ1v) is 5.29. The van der Waals surface area contributed by atoms with Crippen molar-refractivity contribution >= 4 is 29.0 Å². The third-order valence-corrected chi connectivity index (χ3v) is 2.49. The maximum absolute atomic E-state index is 11.9. The summed E-state index contributed by atoms with van der Waals surface area (Å²) in [6, 6.07) is 1.43. The lowest BCUT2D eigenvalue weighted by Crippen LogP contribution is -2.54. The number of nitrogens with zero attached hydrogens (tertiary/aromatic N) is 3. The Labute approximate surface area is 104 Å². The minimum atomic E-state index is -4.61. The molecule has 1 saturated heterocycles. The van der Waals surface area contributed by atoms with Crippen molar-refractivity contribution in [3.8, 4) is 0 Å². The van der Waals surface area contributed by atoms with Gasteiger partial charge in [0.05, 0.1) is 0 Å². The van der Waals surface area contributed by atoms with Crippen LogP contribution in [0.1, 0.15) is 0 Å². The molecule has 0 aliphatic carbocycles. The molecule has 1 aromatic rings. The second kappa shape index (κ2) is 4.47. The standard InChI is InChI=1S/C8H6Cl2F3N3O/c9-5-1-6(15-7(10)14-5)16-2-4(3-16)17-8(11,12)13/h1,4H,2-3H2.